The second kappa shape index (κ2) is 11.8. The van der Waals surface area contributed by atoms with Crippen molar-refractivity contribution in [2.45, 2.75) is 31.2 Å². The minimum Gasteiger partial charge on any atom is -0.460 e. The van der Waals surface area contributed by atoms with Crippen LogP contribution < -0.4 is 4.90 Å². The molecule has 4 heteroatoms. The predicted molar refractivity (Wildman–Crippen MR) is 251 cm³/mol. The summed E-state index contributed by atoms with van der Waals surface area (Å²) in [6.07, 6.45) is 4.69. The molecule has 61 heavy (non-hydrogen) atoms. The third-order valence-corrected chi connectivity index (χ3v) is 14.1. The van der Waals surface area contributed by atoms with Crippen molar-refractivity contribution in [1.82, 2.24) is 4.57 Å². The summed E-state index contributed by atoms with van der Waals surface area (Å²) < 4.78 is 16.1. The second-order valence-corrected chi connectivity index (χ2v) is 17.6. The van der Waals surface area contributed by atoms with Gasteiger partial charge in [-0.15, -0.1) is 0 Å². The number of furan rings is 2. The molecule has 0 amide bonds. The molecule has 3 aromatic heterocycles. The molecule has 2 atom stereocenters. The highest BCUT2D eigenvalue weighted by Gasteiger charge is 2.47. The summed E-state index contributed by atoms with van der Waals surface area (Å²) >= 11 is 0. The summed E-state index contributed by atoms with van der Waals surface area (Å²) in [6, 6.07) is 62.0. The lowest BCUT2D eigenvalue weighted by Gasteiger charge is -2.30. The normalized spacial score (nSPS) is 17.0. The van der Waals surface area contributed by atoms with Gasteiger partial charge in [-0.1, -0.05) is 123 Å². The van der Waals surface area contributed by atoms with Crippen LogP contribution in [0.4, 0.5) is 11.4 Å². The van der Waals surface area contributed by atoms with Gasteiger partial charge < -0.3 is 18.3 Å². The van der Waals surface area contributed by atoms with E-state index >= 15 is 0 Å². The Morgan fingerprint density at radius 3 is 2.00 bits per heavy atom. The quantitative estimate of drug-likeness (QED) is 0.179. The lowest BCUT2D eigenvalue weighted by Crippen LogP contribution is -2.30. The molecule has 0 saturated heterocycles. The zero-order valence-corrected chi connectivity index (χ0v) is 33.7. The van der Waals surface area contributed by atoms with Crippen LogP contribution in [0.15, 0.2) is 185 Å². The number of fused-ring (bicyclic) bond motifs is 17. The molecule has 0 bridgehead atoms. The molecule has 2 unspecified atom stereocenters. The Hall–Kier alpha value is -7.56. The van der Waals surface area contributed by atoms with E-state index in [-0.39, 0.29) is 17.4 Å². The Bertz CT molecular complexity index is 3680. The minimum absolute atomic E-state index is 0.0414. The first kappa shape index (κ1) is 33.3. The van der Waals surface area contributed by atoms with E-state index in [0.717, 1.165) is 49.9 Å². The molecule has 288 valence electrons. The molecule has 8 aromatic carbocycles. The molecule has 14 rings (SSSR count). The summed E-state index contributed by atoms with van der Waals surface area (Å²) in [5.74, 6) is 1.09. The average molecular weight is 783 g/mol. The van der Waals surface area contributed by atoms with Gasteiger partial charge in [0.05, 0.1) is 28.4 Å². The maximum atomic E-state index is 6.83. The van der Waals surface area contributed by atoms with Gasteiger partial charge in [0.2, 0.25) is 0 Å². The zero-order valence-electron chi connectivity index (χ0n) is 33.7. The Balaban J connectivity index is 1.03. The van der Waals surface area contributed by atoms with Crippen molar-refractivity contribution in [2.24, 2.45) is 0 Å². The largest absolute Gasteiger partial charge is 0.460 e. The molecular formula is C57H38N2O2. The third-order valence-electron chi connectivity index (χ3n) is 14.1. The Morgan fingerprint density at radius 2 is 1.20 bits per heavy atom. The fraction of sp³-hybridized carbons (Fsp3) is 0.0877. The van der Waals surface area contributed by atoms with Crippen LogP contribution in [0.1, 0.15) is 47.8 Å². The predicted octanol–water partition coefficient (Wildman–Crippen LogP) is 15.1. The van der Waals surface area contributed by atoms with Crippen molar-refractivity contribution in [3.63, 3.8) is 0 Å². The van der Waals surface area contributed by atoms with Crippen LogP contribution in [0.5, 0.6) is 0 Å². The second-order valence-electron chi connectivity index (χ2n) is 17.6. The van der Waals surface area contributed by atoms with Gasteiger partial charge >= 0.3 is 0 Å². The number of nitrogens with zero attached hydrogens (tertiary/aromatic N) is 2. The standard InChI is InChI=1S/C57H38N2O2/c1-57(2)45-31-49-43(53-47(58(49)35-15-7-4-8-16-35)27-25-39-37-17-9-11-19-51(37)60-55(39)53)29-41(45)42-30-44-50(32-46(42)57)59(36-23-21-34(22-24-36)33-13-5-3-6-14-33)48-28-26-40-38-18-10-12-20-52(38)61-56(40)54(44)48/h3-32,47,53H,1-2H3. The lowest BCUT2D eigenvalue weighted by atomic mass is 9.81. The van der Waals surface area contributed by atoms with E-state index in [2.05, 4.69) is 205 Å². The maximum absolute atomic E-state index is 6.83. The average Bonchev–Trinajstić information content (AvgIpc) is 4.09. The van der Waals surface area contributed by atoms with Crippen molar-refractivity contribution in [1.29, 1.82) is 0 Å². The Morgan fingerprint density at radius 1 is 0.525 bits per heavy atom. The number of para-hydroxylation sites is 3. The van der Waals surface area contributed by atoms with Crippen molar-refractivity contribution >= 4 is 72.2 Å². The summed E-state index contributed by atoms with van der Waals surface area (Å²) in [5, 5.41) is 5.79. The van der Waals surface area contributed by atoms with Gasteiger partial charge in [0.1, 0.15) is 22.5 Å². The molecular weight excluding hydrogens is 745 g/mol. The van der Waals surface area contributed by atoms with Gasteiger partial charge in [0.25, 0.3) is 0 Å². The molecule has 4 nitrogen and oxygen atoms in total. The molecule has 11 aromatic rings. The highest BCUT2D eigenvalue weighted by Crippen LogP contribution is 2.59. The molecule has 0 spiro atoms. The zero-order chi connectivity index (χ0) is 40.1. The van der Waals surface area contributed by atoms with E-state index in [1.54, 1.807) is 0 Å². The van der Waals surface area contributed by atoms with E-state index in [0.29, 0.717) is 0 Å². The molecule has 4 heterocycles. The minimum atomic E-state index is -0.266. The third kappa shape index (κ3) is 4.38. The number of hydrogen-bond donors (Lipinski definition) is 0. The SMILES string of the molecule is CC1(C)c2cc3c(cc2-c2cc4c5c6oc7ccccc7c6ccc5n(-c5ccc(-c6ccccc6)cc5)c4cc21)C1c2oc4ccccc4c2C=CC1N3c1ccccc1. The summed E-state index contributed by atoms with van der Waals surface area (Å²) in [4.78, 5) is 2.54. The first-order valence-corrected chi connectivity index (χ1v) is 21.3. The van der Waals surface area contributed by atoms with Crippen molar-refractivity contribution in [2.75, 3.05) is 4.90 Å². The highest BCUT2D eigenvalue weighted by atomic mass is 16.3. The number of anilines is 2. The van der Waals surface area contributed by atoms with E-state index in [1.807, 2.05) is 0 Å². The van der Waals surface area contributed by atoms with Gasteiger partial charge in [0.15, 0.2) is 0 Å². The Labute approximate surface area is 352 Å². The highest BCUT2D eigenvalue weighted by molar-refractivity contribution is 6.24. The fourth-order valence-electron chi connectivity index (χ4n) is 11.3. The Kier molecular flexibility index (Phi) is 6.44. The topological polar surface area (TPSA) is 34.5 Å². The van der Waals surface area contributed by atoms with Crippen LogP contribution in [0, 0.1) is 0 Å². The lowest BCUT2D eigenvalue weighted by molar-refractivity contribution is 0.505. The molecule has 1 aliphatic heterocycles. The molecule has 2 aliphatic carbocycles. The first-order chi connectivity index (χ1) is 30.0. The van der Waals surface area contributed by atoms with Gasteiger partial charge in [-0.2, -0.15) is 0 Å². The summed E-state index contributed by atoms with van der Waals surface area (Å²) in [6.45, 7) is 4.81. The van der Waals surface area contributed by atoms with Crippen molar-refractivity contribution in [3.8, 4) is 27.9 Å². The summed E-state index contributed by atoms with van der Waals surface area (Å²) in [7, 11) is 0. The molecule has 0 fully saturated rings. The fourth-order valence-corrected chi connectivity index (χ4v) is 11.3. The maximum Gasteiger partial charge on any atom is 0.145 e. The van der Waals surface area contributed by atoms with Crippen LogP contribution in [-0.4, -0.2) is 10.6 Å². The van der Waals surface area contributed by atoms with Crippen molar-refractivity contribution < 1.29 is 8.83 Å². The molecule has 0 saturated carbocycles. The van der Waals surface area contributed by atoms with Crippen molar-refractivity contribution in [3.05, 3.63) is 204 Å². The van der Waals surface area contributed by atoms with E-state index in [1.165, 1.54) is 72.2 Å². The number of aromatic nitrogens is 1. The number of rotatable bonds is 3. The van der Waals surface area contributed by atoms with Crippen LogP contribution >= 0.6 is 0 Å². The van der Waals surface area contributed by atoms with Gasteiger partial charge in [0, 0.05) is 49.6 Å². The van der Waals surface area contributed by atoms with Crippen LogP contribution in [0.2, 0.25) is 0 Å². The molecule has 3 aliphatic rings. The van der Waals surface area contributed by atoms with Crippen LogP contribution in [0.25, 0.3) is 88.7 Å². The summed E-state index contributed by atoms with van der Waals surface area (Å²) in [5.41, 5.74) is 18.6. The monoisotopic (exact) mass is 782 g/mol. The number of hydrogen-bond acceptors (Lipinski definition) is 3. The van der Waals surface area contributed by atoms with Gasteiger partial charge in [-0.25, -0.2) is 0 Å². The van der Waals surface area contributed by atoms with Gasteiger partial charge in [-0.3, -0.25) is 0 Å². The van der Waals surface area contributed by atoms with E-state index < -0.39 is 0 Å². The molecule has 0 N–H and O–H groups in total. The van der Waals surface area contributed by atoms with Crippen LogP contribution in [-0.2, 0) is 5.41 Å². The van der Waals surface area contributed by atoms with E-state index in [9.17, 15) is 0 Å². The smallest absolute Gasteiger partial charge is 0.145 e. The number of benzene rings is 8. The molecule has 0 radical (unpaired) electrons. The van der Waals surface area contributed by atoms with Crippen LogP contribution in [0.3, 0.4) is 0 Å². The van der Waals surface area contributed by atoms with Gasteiger partial charge in [-0.05, 0) is 112 Å². The van der Waals surface area contributed by atoms with E-state index in [4.69, 9.17) is 8.83 Å². The first-order valence-electron chi connectivity index (χ1n) is 21.3.